The molecule has 0 aromatic carbocycles. The molecule has 2 unspecified atom stereocenters. The third-order valence-electron chi connectivity index (χ3n) is 2.99. The lowest BCUT2D eigenvalue weighted by Gasteiger charge is -2.36. The summed E-state index contributed by atoms with van der Waals surface area (Å²) in [5.41, 5.74) is 4.96. The second-order valence-electron chi connectivity index (χ2n) is 4.08. The Labute approximate surface area is 75.2 Å². The highest BCUT2D eigenvalue weighted by atomic mass is 16.3. The van der Waals surface area contributed by atoms with Crippen LogP contribution in [-0.2, 0) is 0 Å². The molecule has 3 N–H and O–H groups in total. The van der Waals surface area contributed by atoms with E-state index in [2.05, 4.69) is 6.92 Å². The fourth-order valence-electron chi connectivity index (χ4n) is 2.10. The zero-order chi connectivity index (χ0) is 9.03. The molecule has 0 spiro atoms. The van der Waals surface area contributed by atoms with E-state index in [1.807, 2.05) is 0 Å². The largest absolute Gasteiger partial charge is 0.376 e. The van der Waals surface area contributed by atoms with Crippen molar-refractivity contribution in [3.05, 3.63) is 0 Å². The van der Waals surface area contributed by atoms with Crippen LogP contribution < -0.4 is 5.73 Å². The molecule has 72 valence electrons. The van der Waals surface area contributed by atoms with E-state index in [9.17, 15) is 5.11 Å². The van der Waals surface area contributed by atoms with Gasteiger partial charge >= 0.3 is 0 Å². The van der Waals surface area contributed by atoms with Crippen LogP contribution in [0.5, 0.6) is 0 Å². The van der Waals surface area contributed by atoms with Crippen LogP contribution in [-0.4, -0.2) is 10.8 Å². The van der Waals surface area contributed by atoms with Crippen LogP contribution in [0.2, 0.25) is 0 Å². The molecule has 0 aliphatic heterocycles. The van der Waals surface area contributed by atoms with Crippen molar-refractivity contribution < 1.29 is 5.11 Å². The van der Waals surface area contributed by atoms with Crippen LogP contribution in [0.3, 0.4) is 0 Å². The van der Waals surface area contributed by atoms with Crippen molar-refractivity contribution in [1.29, 1.82) is 0 Å². The molecule has 1 aliphatic carbocycles. The lowest BCUT2D eigenvalue weighted by Crippen LogP contribution is -2.49. The van der Waals surface area contributed by atoms with E-state index in [-0.39, 0.29) is 0 Å². The number of rotatable bonds is 3. The molecule has 12 heavy (non-hydrogen) atoms. The van der Waals surface area contributed by atoms with Gasteiger partial charge in [-0.2, -0.15) is 0 Å². The number of hydrogen-bond donors (Lipinski definition) is 2. The summed E-state index contributed by atoms with van der Waals surface area (Å²) >= 11 is 0. The quantitative estimate of drug-likeness (QED) is 0.638. The van der Waals surface area contributed by atoms with Crippen molar-refractivity contribution in [2.75, 3.05) is 0 Å². The van der Waals surface area contributed by atoms with E-state index in [1.54, 1.807) is 0 Å². The summed E-state index contributed by atoms with van der Waals surface area (Å²) in [7, 11) is 0. The van der Waals surface area contributed by atoms with Crippen LogP contribution in [0, 0.1) is 5.92 Å². The summed E-state index contributed by atoms with van der Waals surface area (Å²) in [4.78, 5) is 0. The van der Waals surface area contributed by atoms with Gasteiger partial charge in [-0.1, -0.05) is 26.2 Å². The molecule has 0 heterocycles. The first-order valence-electron chi connectivity index (χ1n) is 5.18. The predicted octanol–water partition coefficient (Wildman–Crippen LogP) is 2.01. The van der Waals surface area contributed by atoms with E-state index in [4.69, 9.17) is 5.73 Å². The van der Waals surface area contributed by atoms with Gasteiger partial charge in [-0.15, -0.1) is 0 Å². The summed E-state index contributed by atoms with van der Waals surface area (Å²) in [6.07, 6.45) is 7.75. The minimum atomic E-state index is -0.854. The Kier molecular flexibility index (Phi) is 3.53. The van der Waals surface area contributed by atoms with Gasteiger partial charge in [0.1, 0.15) is 5.72 Å². The first kappa shape index (κ1) is 10.0. The van der Waals surface area contributed by atoms with Crippen molar-refractivity contribution in [2.45, 2.75) is 57.6 Å². The second-order valence-corrected chi connectivity index (χ2v) is 4.08. The van der Waals surface area contributed by atoms with Gasteiger partial charge in [-0.3, -0.25) is 0 Å². The molecule has 0 radical (unpaired) electrons. The molecule has 1 rings (SSSR count). The Morgan fingerprint density at radius 2 is 2.25 bits per heavy atom. The molecule has 2 heteroatoms. The minimum Gasteiger partial charge on any atom is -0.376 e. The number of nitrogens with two attached hydrogens (primary N) is 1. The molecule has 1 saturated carbocycles. The molecule has 2 atom stereocenters. The summed E-state index contributed by atoms with van der Waals surface area (Å²) in [6, 6.07) is 0. The molecule has 2 nitrogen and oxygen atoms in total. The normalized spacial score (nSPS) is 36.8. The second kappa shape index (κ2) is 4.24. The Hall–Kier alpha value is -0.0800. The topological polar surface area (TPSA) is 46.2 Å². The van der Waals surface area contributed by atoms with Crippen molar-refractivity contribution >= 4 is 0 Å². The maximum Gasteiger partial charge on any atom is 0.116 e. The van der Waals surface area contributed by atoms with E-state index in [0.717, 1.165) is 25.7 Å². The molecule has 0 bridgehead atoms. The molecule has 0 saturated heterocycles. The average Bonchev–Trinajstić information content (AvgIpc) is 2.02. The van der Waals surface area contributed by atoms with E-state index >= 15 is 0 Å². The fraction of sp³-hybridized carbons (Fsp3) is 1.00. The molecule has 1 fully saturated rings. The van der Waals surface area contributed by atoms with Gasteiger partial charge in [-0.25, -0.2) is 0 Å². The average molecular weight is 171 g/mol. The zero-order valence-electron chi connectivity index (χ0n) is 8.05. The number of aliphatic hydroxyl groups is 1. The van der Waals surface area contributed by atoms with Gasteiger partial charge in [0.2, 0.25) is 0 Å². The van der Waals surface area contributed by atoms with Crippen molar-refractivity contribution in [3.8, 4) is 0 Å². The highest BCUT2D eigenvalue weighted by Gasteiger charge is 2.34. The van der Waals surface area contributed by atoms with Gasteiger partial charge in [-0.05, 0) is 25.7 Å². The Bertz CT molecular complexity index is 134. The molecule has 1 aliphatic rings. The smallest absolute Gasteiger partial charge is 0.116 e. The summed E-state index contributed by atoms with van der Waals surface area (Å²) in [5, 5.41) is 9.84. The van der Waals surface area contributed by atoms with Crippen LogP contribution in [0.15, 0.2) is 0 Å². The Balaban J connectivity index is 2.37. The van der Waals surface area contributed by atoms with Crippen LogP contribution >= 0.6 is 0 Å². The first-order chi connectivity index (χ1) is 5.67. The van der Waals surface area contributed by atoms with Gasteiger partial charge in [0.15, 0.2) is 0 Å². The van der Waals surface area contributed by atoms with E-state index in [1.165, 1.54) is 19.3 Å². The van der Waals surface area contributed by atoms with Gasteiger partial charge in [0.25, 0.3) is 0 Å². The number of unbranched alkanes of at least 4 members (excludes halogenated alkanes) is 1. The summed E-state index contributed by atoms with van der Waals surface area (Å²) < 4.78 is 0. The lowest BCUT2D eigenvalue weighted by molar-refractivity contribution is -0.0466. The Morgan fingerprint density at radius 3 is 2.83 bits per heavy atom. The van der Waals surface area contributed by atoms with Gasteiger partial charge in [0.05, 0.1) is 0 Å². The van der Waals surface area contributed by atoms with Crippen LogP contribution in [0.1, 0.15) is 51.9 Å². The summed E-state index contributed by atoms with van der Waals surface area (Å²) in [5.74, 6) is 0.353. The maximum absolute atomic E-state index is 9.84. The molecule has 0 aromatic rings. The minimum absolute atomic E-state index is 0.353. The standard InChI is InChI=1S/C10H21NO/c1-2-3-6-9-7-4-5-8-10(9,11)12/h9,12H,2-8,11H2,1H3. The fourth-order valence-corrected chi connectivity index (χ4v) is 2.10. The predicted molar refractivity (Wildman–Crippen MR) is 50.6 cm³/mol. The monoisotopic (exact) mass is 171 g/mol. The lowest BCUT2D eigenvalue weighted by atomic mass is 9.79. The third-order valence-corrected chi connectivity index (χ3v) is 2.99. The van der Waals surface area contributed by atoms with Crippen molar-refractivity contribution in [1.82, 2.24) is 0 Å². The van der Waals surface area contributed by atoms with E-state index < -0.39 is 5.72 Å². The highest BCUT2D eigenvalue weighted by Crippen LogP contribution is 2.33. The van der Waals surface area contributed by atoms with Crippen LogP contribution in [0.25, 0.3) is 0 Å². The number of hydrogen-bond acceptors (Lipinski definition) is 2. The maximum atomic E-state index is 9.84. The van der Waals surface area contributed by atoms with Crippen molar-refractivity contribution in [2.24, 2.45) is 11.7 Å². The molecule has 0 amide bonds. The molecule has 0 aromatic heterocycles. The molecular weight excluding hydrogens is 150 g/mol. The van der Waals surface area contributed by atoms with E-state index in [0.29, 0.717) is 5.92 Å². The first-order valence-corrected chi connectivity index (χ1v) is 5.18. The Morgan fingerprint density at radius 1 is 1.50 bits per heavy atom. The SMILES string of the molecule is CCCCC1CCCCC1(N)O. The highest BCUT2D eigenvalue weighted by molar-refractivity contribution is 4.84. The van der Waals surface area contributed by atoms with Crippen molar-refractivity contribution in [3.63, 3.8) is 0 Å². The van der Waals surface area contributed by atoms with Gasteiger partial charge in [0, 0.05) is 5.92 Å². The molecular formula is C10H21NO. The third kappa shape index (κ3) is 2.46. The van der Waals surface area contributed by atoms with Crippen LogP contribution in [0.4, 0.5) is 0 Å². The summed E-state index contributed by atoms with van der Waals surface area (Å²) in [6.45, 7) is 2.18. The van der Waals surface area contributed by atoms with Gasteiger partial charge < -0.3 is 10.8 Å². The zero-order valence-corrected chi connectivity index (χ0v) is 8.05.